The van der Waals surface area contributed by atoms with Crippen LogP contribution >= 0.6 is 35.2 Å². The van der Waals surface area contributed by atoms with E-state index in [9.17, 15) is 0 Å². The lowest BCUT2D eigenvalue weighted by Gasteiger charge is -2.24. The van der Waals surface area contributed by atoms with Gasteiger partial charge in [-0.25, -0.2) is 0 Å². The highest BCUT2D eigenvalue weighted by Gasteiger charge is 2.11. The molecule has 0 aliphatic rings. The molecule has 5 heteroatoms. The number of nitrogens with one attached hydrogen (secondary N) is 1. The van der Waals surface area contributed by atoms with Gasteiger partial charge in [-0.1, -0.05) is 23.7 Å². The third-order valence-corrected chi connectivity index (χ3v) is 4.66. The largest absolute Gasteiger partial charge is 0.340 e. The summed E-state index contributed by atoms with van der Waals surface area (Å²) in [5.74, 6) is 0. The molecule has 2 rings (SSSR count). The average molecular weight is 351 g/mol. The summed E-state index contributed by atoms with van der Waals surface area (Å²) in [6.45, 7) is 9.38. The fraction of sp³-hybridized carbons (Fsp3) is 0.235. The second-order valence-electron chi connectivity index (χ2n) is 5.18. The van der Waals surface area contributed by atoms with Gasteiger partial charge < -0.3 is 10.2 Å². The summed E-state index contributed by atoms with van der Waals surface area (Å²) in [5, 5.41) is 4.01. The molecule has 0 amide bonds. The van der Waals surface area contributed by atoms with Gasteiger partial charge in [-0.15, -0.1) is 17.9 Å². The predicted octanol–water partition coefficient (Wildman–Crippen LogP) is 5.40. The molecule has 116 valence electrons. The summed E-state index contributed by atoms with van der Waals surface area (Å²) in [4.78, 5) is 3.25. The minimum atomic E-state index is 0.687. The van der Waals surface area contributed by atoms with Gasteiger partial charge in [0.15, 0.2) is 5.11 Å². The van der Waals surface area contributed by atoms with E-state index in [2.05, 4.69) is 48.8 Å². The number of thiocarbonyl (C=S) groups is 1. The Morgan fingerprint density at radius 2 is 2.00 bits per heavy atom. The lowest BCUT2D eigenvalue weighted by Crippen LogP contribution is -2.34. The minimum absolute atomic E-state index is 0.687. The monoisotopic (exact) mass is 350 g/mol. The lowest BCUT2D eigenvalue weighted by molar-refractivity contribution is 0.468. The van der Waals surface area contributed by atoms with E-state index in [1.807, 2.05) is 18.2 Å². The molecule has 0 unspecified atom stereocenters. The molecular formula is C17H19ClN2S2. The van der Waals surface area contributed by atoms with E-state index in [0.29, 0.717) is 11.7 Å². The summed E-state index contributed by atoms with van der Waals surface area (Å²) in [6.07, 6.45) is 1.85. The van der Waals surface area contributed by atoms with Crippen molar-refractivity contribution in [2.24, 2.45) is 0 Å². The van der Waals surface area contributed by atoms with E-state index in [1.54, 1.807) is 11.3 Å². The van der Waals surface area contributed by atoms with Crippen LogP contribution in [0, 0.1) is 13.8 Å². The Morgan fingerprint density at radius 3 is 2.55 bits per heavy atom. The van der Waals surface area contributed by atoms with Crippen LogP contribution in [0.15, 0.2) is 43.0 Å². The van der Waals surface area contributed by atoms with E-state index < -0.39 is 0 Å². The maximum Gasteiger partial charge on any atom is 0.174 e. The smallest absolute Gasteiger partial charge is 0.174 e. The Hall–Kier alpha value is -1.36. The molecule has 1 aromatic carbocycles. The Balaban J connectivity index is 2.10. The summed E-state index contributed by atoms with van der Waals surface area (Å²) in [6, 6.07) is 10.3. The van der Waals surface area contributed by atoms with Crippen LogP contribution in [0.1, 0.15) is 16.0 Å². The quantitative estimate of drug-likeness (QED) is 0.573. The molecule has 0 fully saturated rings. The number of nitrogens with zero attached hydrogens (tertiary/aromatic N) is 1. The Morgan fingerprint density at radius 1 is 1.32 bits per heavy atom. The van der Waals surface area contributed by atoms with Gasteiger partial charge in [0.05, 0.1) is 10.9 Å². The number of thiophene rings is 1. The number of anilines is 1. The first kappa shape index (κ1) is 17.0. The van der Waals surface area contributed by atoms with E-state index in [-0.39, 0.29) is 0 Å². The van der Waals surface area contributed by atoms with Crippen LogP contribution in [-0.4, -0.2) is 16.6 Å². The van der Waals surface area contributed by atoms with Gasteiger partial charge in [0, 0.05) is 17.1 Å². The molecule has 22 heavy (non-hydrogen) atoms. The van der Waals surface area contributed by atoms with Gasteiger partial charge in [0.2, 0.25) is 0 Å². The van der Waals surface area contributed by atoms with Crippen LogP contribution in [0.5, 0.6) is 0 Å². The molecule has 0 spiro atoms. The average Bonchev–Trinajstić information content (AvgIpc) is 2.82. The Labute approximate surface area is 146 Å². The van der Waals surface area contributed by atoms with Crippen LogP contribution in [0.3, 0.4) is 0 Å². The maximum absolute atomic E-state index is 6.00. The van der Waals surface area contributed by atoms with Gasteiger partial charge >= 0.3 is 0 Å². The number of halogens is 1. The van der Waals surface area contributed by atoms with Crippen molar-refractivity contribution in [3.8, 4) is 0 Å². The molecule has 1 aromatic heterocycles. The van der Waals surface area contributed by atoms with Crippen molar-refractivity contribution in [3.05, 3.63) is 63.3 Å². The number of aryl methyl sites for hydroxylation is 2. The zero-order valence-electron chi connectivity index (χ0n) is 12.7. The molecule has 0 aliphatic carbocycles. The summed E-state index contributed by atoms with van der Waals surface area (Å²) < 4.78 is 0.793. The highest BCUT2D eigenvalue weighted by atomic mass is 35.5. The van der Waals surface area contributed by atoms with Crippen LogP contribution in [-0.2, 0) is 6.54 Å². The van der Waals surface area contributed by atoms with E-state index in [4.69, 9.17) is 23.8 Å². The fourth-order valence-electron chi connectivity index (χ4n) is 2.25. The highest BCUT2D eigenvalue weighted by molar-refractivity contribution is 7.80. The van der Waals surface area contributed by atoms with Gasteiger partial charge in [-0.2, -0.15) is 0 Å². The molecule has 2 aromatic rings. The molecule has 0 aliphatic heterocycles. The van der Waals surface area contributed by atoms with Crippen molar-refractivity contribution in [1.29, 1.82) is 0 Å². The molecule has 2 nitrogen and oxygen atoms in total. The van der Waals surface area contributed by atoms with E-state index in [0.717, 1.165) is 16.6 Å². The van der Waals surface area contributed by atoms with Gasteiger partial charge in [0.25, 0.3) is 0 Å². The molecule has 1 N–H and O–H groups in total. The molecule has 0 radical (unpaired) electrons. The fourth-order valence-corrected chi connectivity index (χ4v) is 3.61. The maximum atomic E-state index is 6.00. The zero-order valence-corrected chi connectivity index (χ0v) is 15.1. The number of rotatable bonds is 5. The molecule has 0 atom stereocenters. The standard InChI is InChI=1S/C17H19ClN2S2/c1-4-7-20(11-15-5-6-16(18)22-15)17(21)19-14-9-12(2)8-13(3)10-14/h4-6,8-10H,1,7,11H2,2-3H3,(H,19,21). The lowest BCUT2D eigenvalue weighted by atomic mass is 10.1. The molecule has 1 heterocycles. The van der Waals surface area contributed by atoms with Gasteiger partial charge in [-0.3, -0.25) is 0 Å². The zero-order chi connectivity index (χ0) is 16.1. The summed E-state index contributed by atoms with van der Waals surface area (Å²) in [7, 11) is 0. The second kappa shape index (κ2) is 7.77. The SMILES string of the molecule is C=CCN(Cc1ccc(Cl)s1)C(=S)Nc1cc(C)cc(C)c1. The van der Waals surface area contributed by atoms with Crippen LogP contribution in [0.25, 0.3) is 0 Å². The molecule has 0 bridgehead atoms. The van der Waals surface area contributed by atoms with E-state index >= 15 is 0 Å². The van der Waals surface area contributed by atoms with Crippen molar-refractivity contribution in [2.45, 2.75) is 20.4 Å². The third kappa shape index (κ3) is 4.83. The highest BCUT2D eigenvalue weighted by Crippen LogP contribution is 2.23. The van der Waals surface area contributed by atoms with Gasteiger partial charge in [-0.05, 0) is 61.5 Å². The third-order valence-electron chi connectivity index (χ3n) is 3.09. The number of benzene rings is 1. The van der Waals surface area contributed by atoms with Crippen molar-refractivity contribution >= 4 is 46.0 Å². The molecule has 0 saturated heterocycles. The summed E-state index contributed by atoms with van der Waals surface area (Å²) in [5.41, 5.74) is 3.44. The Kier molecular flexibility index (Phi) is 6.00. The van der Waals surface area contributed by atoms with Crippen molar-refractivity contribution < 1.29 is 0 Å². The topological polar surface area (TPSA) is 15.3 Å². The number of hydrogen-bond acceptors (Lipinski definition) is 2. The first-order chi connectivity index (χ1) is 10.5. The molecule has 0 saturated carbocycles. The first-order valence-corrected chi connectivity index (χ1v) is 8.57. The predicted molar refractivity (Wildman–Crippen MR) is 102 cm³/mol. The molecular weight excluding hydrogens is 332 g/mol. The summed E-state index contributed by atoms with van der Waals surface area (Å²) >= 11 is 13.1. The number of hydrogen-bond donors (Lipinski definition) is 1. The van der Waals surface area contributed by atoms with Crippen molar-refractivity contribution in [3.63, 3.8) is 0 Å². The Bertz CT molecular complexity index is 659. The van der Waals surface area contributed by atoms with Crippen LogP contribution in [0.2, 0.25) is 4.34 Å². The van der Waals surface area contributed by atoms with Gasteiger partial charge in [0.1, 0.15) is 0 Å². The minimum Gasteiger partial charge on any atom is -0.340 e. The second-order valence-corrected chi connectivity index (χ2v) is 7.37. The first-order valence-electron chi connectivity index (χ1n) is 6.97. The van der Waals surface area contributed by atoms with Crippen LogP contribution in [0.4, 0.5) is 5.69 Å². The van der Waals surface area contributed by atoms with E-state index in [1.165, 1.54) is 16.0 Å². The normalized spacial score (nSPS) is 10.3. The van der Waals surface area contributed by atoms with Crippen molar-refractivity contribution in [1.82, 2.24) is 4.90 Å². The van der Waals surface area contributed by atoms with Crippen LogP contribution < -0.4 is 5.32 Å². The van der Waals surface area contributed by atoms with Crippen molar-refractivity contribution in [2.75, 3.05) is 11.9 Å².